The lowest BCUT2D eigenvalue weighted by Gasteiger charge is -2.08. The Morgan fingerprint density at radius 2 is 1.83 bits per heavy atom. The van der Waals surface area contributed by atoms with E-state index < -0.39 is 0 Å². The summed E-state index contributed by atoms with van der Waals surface area (Å²) >= 11 is 3.41. The average molecular weight is 466 g/mol. The number of fused-ring (bicyclic) bond motifs is 1. The number of benzene rings is 2. The monoisotopic (exact) mass is 465 g/mol. The first kappa shape index (κ1) is 20.0. The highest BCUT2D eigenvalue weighted by Crippen LogP contribution is 2.12. The Kier molecular flexibility index (Phi) is 5.76. The largest absolute Gasteiger partial charge is 0.350 e. The molecule has 0 spiro atoms. The zero-order chi connectivity index (χ0) is 21.1. The maximum atomic E-state index is 12.8. The van der Waals surface area contributed by atoms with Gasteiger partial charge >= 0.3 is 0 Å². The average Bonchev–Trinajstić information content (AvgIpc) is 3.16. The van der Waals surface area contributed by atoms with E-state index in [1.54, 1.807) is 21.4 Å². The fourth-order valence-electron chi connectivity index (χ4n) is 3.14. The normalized spacial score (nSPS) is 11.0. The summed E-state index contributed by atoms with van der Waals surface area (Å²) in [4.78, 5) is 29.4. The molecule has 0 aliphatic heterocycles. The van der Waals surface area contributed by atoms with E-state index in [0.29, 0.717) is 36.2 Å². The maximum Gasteiger partial charge on any atom is 0.264 e. The molecular formula is C22H20BrN5O2. The van der Waals surface area contributed by atoms with Crippen molar-refractivity contribution in [2.24, 2.45) is 0 Å². The fourth-order valence-corrected chi connectivity index (χ4v) is 3.41. The second-order valence-corrected chi connectivity index (χ2v) is 7.95. The highest BCUT2D eigenvalue weighted by Gasteiger charge is 2.11. The van der Waals surface area contributed by atoms with Crippen molar-refractivity contribution in [3.05, 3.63) is 92.6 Å². The summed E-state index contributed by atoms with van der Waals surface area (Å²) in [6, 6.07) is 15.2. The van der Waals surface area contributed by atoms with Crippen LogP contribution in [0, 0.1) is 6.92 Å². The highest BCUT2D eigenvalue weighted by atomic mass is 79.9. The first-order chi connectivity index (χ1) is 14.5. The third-order valence-electron chi connectivity index (χ3n) is 4.81. The van der Waals surface area contributed by atoms with E-state index in [-0.39, 0.29) is 11.5 Å². The van der Waals surface area contributed by atoms with Crippen LogP contribution in [0.1, 0.15) is 21.5 Å². The van der Waals surface area contributed by atoms with Gasteiger partial charge < -0.3 is 5.32 Å². The van der Waals surface area contributed by atoms with E-state index in [9.17, 15) is 9.59 Å². The predicted octanol–water partition coefficient (Wildman–Crippen LogP) is 3.14. The number of carbonyl (C=O) groups is 1. The van der Waals surface area contributed by atoms with E-state index in [1.165, 1.54) is 12.5 Å². The van der Waals surface area contributed by atoms with Gasteiger partial charge in [-0.1, -0.05) is 45.8 Å². The number of halogens is 1. The molecule has 4 rings (SSSR count). The van der Waals surface area contributed by atoms with Gasteiger partial charge in [0.1, 0.15) is 11.7 Å². The first-order valence-electron chi connectivity index (χ1n) is 9.51. The van der Waals surface area contributed by atoms with Crippen molar-refractivity contribution in [3.8, 4) is 0 Å². The predicted molar refractivity (Wildman–Crippen MR) is 119 cm³/mol. The van der Waals surface area contributed by atoms with Gasteiger partial charge in [-0.2, -0.15) is 5.10 Å². The van der Waals surface area contributed by atoms with Crippen LogP contribution in [0.4, 0.5) is 0 Å². The third kappa shape index (κ3) is 4.33. The molecule has 1 amide bonds. The van der Waals surface area contributed by atoms with Crippen molar-refractivity contribution in [2.45, 2.75) is 20.0 Å². The Morgan fingerprint density at radius 1 is 1.10 bits per heavy atom. The van der Waals surface area contributed by atoms with Crippen molar-refractivity contribution in [2.75, 3.05) is 6.54 Å². The molecule has 1 N–H and O–H groups in total. The Bertz CT molecular complexity index is 1240. The molecule has 2 aromatic heterocycles. The van der Waals surface area contributed by atoms with Crippen LogP contribution < -0.4 is 10.9 Å². The zero-order valence-electron chi connectivity index (χ0n) is 16.4. The van der Waals surface area contributed by atoms with Gasteiger partial charge in [-0.15, -0.1) is 0 Å². The van der Waals surface area contributed by atoms with Gasteiger partial charge in [-0.05, 0) is 36.8 Å². The lowest BCUT2D eigenvalue weighted by molar-refractivity contribution is 0.0952. The molecule has 0 bridgehead atoms. The number of nitrogens with one attached hydrogen (secondary N) is 1. The summed E-state index contributed by atoms with van der Waals surface area (Å²) in [5.41, 5.74) is 3.09. The SMILES string of the molecule is Cc1ccc(C(=O)NCCn2ncc3c(=O)n(Cc4ccc(Br)cc4)cnc32)cc1. The summed E-state index contributed by atoms with van der Waals surface area (Å²) in [5.74, 6) is -0.142. The highest BCUT2D eigenvalue weighted by molar-refractivity contribution is 9.10. The minimum Gasteiger partial charge on any atom is -0.350 e. The third-order valence-corrected chi connectivity index (χ3v) is 5.34. The molecule has 0 saturated heterocycles. The topological polar surface area (TPSA) is 81.8 Å². The van der Waals surface area contributed by atoms with Crippen molar-refractivity contribution in [1.29, 1.82) is 0 Å². The van der Waals surface area contributed by atoms with Gasteiger partial charge in [0, 0.05) is 16.6 Å². The molecular weight excluding hydrogens is 446 g/mol. The lowest BCUT2D eigenvalue weighted by Crippen LogP contribution is -2.27. The van der Waals surface area contributed by atoms with Gasteiger partial charge in [0.05, 0.1) is 19.3 Å². The van der Waals surface area contributed by atoms with Crippen molar-refractivity contribution in [3.63, 3.8) is 0 Å². The number of carbonyl (C=O) groups excluding carboxylic acids is 1. The van der Waals surface area contributed by atoms with Gasteiger partial charge in [-0.25, -0.2) is 9.67 Å². The van der Waals surface area contributed by atoms with Crippen LogP contribution in [0.2, 0.25) is 0 Å². The van der Waals surface area contributed by atoms with Crippen LogP contribution >= 0.6 is 15.9 Å². The summed E-state index contributed by atoms with van der Waals surface area (Å²) < 4.78 is 4.19. The number of nitrogens with zero attached hydrogens (tertiary/aromatic N) is 4. The molecule has 0 atom stereocenters. The van der Waals surface area contributed by atoms with Crippen LogP contribution in [0.15, 0.2) is 70.3 Å². The van der Waals surface area contributed by atoms with Crippen LogP contribution in [-0.2, 0) is 13.1 Å². The summed E-state index contributed by atoms with van der Waals surface area (Å²) in [6.45, 7) is 3.22. The Hall–Kier alpha value is -3.26. The van der Waals surface area contributed by atoms with Crippen molar-refractivity contribution < 1.29 is 4.79 Å². The Labute approximate surface area is 181 Å². The van der Waals surface area contributed by atoms with E-state index in [0.717, 1.165) is 15.6 Å². The van der Waals surface area contributed by atoms with E-state index in [1.807, 2.05) is 43.3 Å². The molecule has 30 heavy (non-hydrogen) atoms. The minimum absolute atomic E-state index is 0.141. The second kappa shape index (κ2) is 8.62. The molecule has 0 radical (unpaired) electrons. The minimum atomic E-state index is -0.142. The van der Waals surface area contributed by atoms with Crippen LogP contribution in [-0.4, -0.2) is 31.8 Å². The van der Waals surface area contributed by atoms with Crippen LogP contribution in [0.5, 0.6) is 0 Å². The quantitative estimate of drug-likeness (QED) is 0.474. The number of hydrogen-bond donors (Lipinski definition) is 1. The number of rotatable bonds is 6. The number of aryl methyl sites for hydroxylation is 1. The molecule has 152 valence electrons. The Balaban J connectivity index is 1.45. The molecule has 2 aromatic carbocycles. The number of amides is 1. The van der Waals surface area contributed by atoms with Crippen molar-refractivity contribution >= 4 is 32.9 Å². The van der Waals surface area contributed by atoms with Crippen LogP contribution in [0.3, 0.4) is 0 Å². The maximum absolute atomic E-state index is 12.8. The summed E-state index contributed by atoms with van der Waals surface area (Å²) in [7, 11) is 0. The zero-order valence-corrected chi connectivity index (χ0v) is 18.0. The van der Waals surface area contributed by atoms with E-state index in [2.05, 4.69) is 31.3 Å². The molecule has 0 aliphatic rings. The molecule has 0 saturated carbocycles. The molecule has 0 unspecified atom stereocenters. The number of aromatic nitrogens is 4. The van der Waals surface area contributed by atoms with E-state index >= 15 is 0 Å². The van der Waals surface area contributed by atoms with Crippen molar-refractivity contribution in [1.82, 2.24) is 24.6 Å². The van der Waals surface area contributed by atoms with Gasteiger partial charge in [0.25, 0.3) is 11.5 Å². The lowest BCUT2D eigenvalue weighted by atomic mass is 10.1. The van der Waals surface area contributed by atoms with Gasteiger partial charge in [-0.3, -0.25) is 14.2 Å². The first-order valence-corrected chi connectivity index (χ1v) is 10.3. The Morgan fingerprint density at radius 3 is 2.57 bits per heavy atom. The molecule has 7 nitrogen and oxygen atoms in total. The molecule has 2 heterocycles. The standard InChI is InChI=1S/C22H20BrN5O2/c1-15-2-6-17(7-3-15)21(29)24-10-11-28-20-19(12-26-28)22(30)27(14-25-20)13-16-4-8-18(23)9-5-16/h2-9,12,14H,10-11,13H2,1H3,(H,24,29). The van der Waals surface area contributed by atoms with E-state index in [4.69, 9.17) is 0 Å². The summed E-state index contributed by atoms with van der Waals surface area (Å²) in [6.07, 6.45) is 3.07. The molecule has 8 heteroatoms. The van der Waals surface area contributed by atoms with Crippen LogP contribution in [0.25, 0.3) is 11.0 Å². The molecule has 0 fully saturated rings. The smallest absolute Gasteiger partial charge is 0.264 e. The van der Waals surface area contributed by atoms with Gasteiger partial charge in [0.2, 0.25) is 0 Å². The number of hydrogen-bond acceptors (Lipinski definition) is 4. The second-order valence-electron chi connectivity index (χ2n) is 7.03. The molecule has 4 aromatic rings. The summed E-state index contributed by atoms with van der Waals surface area (Å²) in [5, 5.41) is 7.61. The fraction of sp³-hybridized carbons (Fsp3) is 0.182. The van der Waals surface area contributed by atoms with Gasteiger partial charge in [0.15, 0.2) is 5.65 Å². The molecule has 0 aliphatic carbocycles.